The third-order valence-electron chi connectivity index (χ3n) is 7.61. The predicted molar refractivity (Wildman–Crippen MR) is 192 cm³/mol. The highest BCUT2D eigenvalue weighted by Gasteiger charge is 2.28. The molecule has 45 heavy (non-hydrogen) atoms. The zero-order valence-electron chi connectivity index (χ0n) is 27.6. The van der Waals surface area contributed by atoms with Crippen molar-refractivity contribution in [2.75, 3.05) is 44.9 Å². The van der Waals surface area contributed by atoms with Crippen LogP contribution in [0.5, 0.6) is 0 Å². The molecule has 0 radical (unpaired) electrons. The predicted octanol–water partition coefficient (Wildman–Crippen LogP) is 8.04. The second-order valence-electron chi connectivity index (χ2n) is 12.2. The first-order chi connectivity index (χ1) is 20.8. The summed E-state index contributed by atoms with van der Waals surface area (Å²) in [6, 6.07) is 8.16. The van der Waals surface area contributed by atoms with Gasteiger partial charge in [-0.1, -0.05) is 69.0 Å². The number of thioether (sulfide) groups is 1. The first kappa shape index (κ1) is 37.4. The van der Waals surface area contributed by atoms with Crippen LogP contribution in [0.25, 0.3) is 0 Å². The number of likely N-dealkylation sites (N-methyl/N-ethyl adjacent to an activating group) is 1. The smallest absolute Gasteiger partial charge is 0.410 e. The molecule has 8 heteroatoms. The van der Waals surface area contributed by atoms with Gasteiger partial charge in [0.25, 0.3) is 5.91 Å². The maximum Gasteiger partial charge on any atom is 0.410 e. The summed E-state index contributed by atoms with van der Waals surface area (Å²) >= 11 is 1.55. The fourth-order valence-electron chi connectivity index (χ4n) is 5.13. The molecule has 0 aromatic heterocycles. The Morgan fingerprint density at radius 1 is 1.31 bits per heavy atom. The summed E-state index contributed by atoms with van der Waals surface area (Å²) in [6.07, 6.45) is 15.8. The van der Waals surface area contributed by atoms with E-state index in [9.17, 15) is 9.59 Å². The summed E-state index contributed by atoms with van der Waals surface area (Å²) in [5, 5.41) is 0.880. The van der Waals surface area contributed by atoms with Gasteiger partial charge in [0.05, 0.1) is 10.6 Å². The van der Waals surface area contributed by atoms with Gasteiger partial charge in [-0.15, -0.1) is 17.5 Å². The van der Waals surface area contributed by atoms with Gasteiger partial charge in [0.2, 0.25) is 0 Å². The maximum atomic E-state index is 13.8. The lowest BCUT2D eigenvalue weighted by Gasteiger charge is -2.26. The minimum absolute atomic E-state index is 0. The minimum atomic E-state index is -0.525. The molecule has 0 spiro atoms. The van der Waals surface area contributed by atoms with Gasteiger partial charge in [0, 0.05) is 45.3 Å². The van der Waals surface area contributed by atoms with Crippen LogP contribution in [-0.4, -0.2) is 72.4 Å². The molecule has 1 aromatic carbocycles. The van der Waals surface area contributed by atoms with Gasteiger partial charge in [-0.25, -0.2) is 9.79 Å². The molecule has 244 valence electrons. The van der Waals surface area contributed by atoms with Crippen LogP contribution in [0.4, 0.5) is 10.5 Å². The van der Waals surface area contributed by atoms with Crippen molar-refractivity contribution in [3.63, 3.8) is 0 Å². The zero-order valence-corrected chi connectivity index (χ0v) is 28.4. The van der Waals surface area contributed by atoms with E-state index in [4.69, 9.17) is 9.73 Å². The number of nitrogens with zero attached hydrogens (tertiary/aromatic N) is 4. The molecule has 2 atom stereocenters. The van der Waals surface area contributed by atoms with Crippen molar-refractivity contribution in [1.29, 1.82) is 0 Å². The van der Waals surface area contributed by atoms with E-state index in [0.717, 1.165) is 29.1 Å². The molecule has 0 N–H and O–H groups in total. The number of ether oxygens (including phenoxy) is 1. The first-order valence-electron chi connectivity index (χ1n) is 15.1. The van der Waals surface area contributed by atoms with E-state index in [1.807, 2.05) is 62.9 Å². The Kier molecular flexibility index (Phi) is 14.2. The van der Waals surface area contributed by atoms with Crippen LogP contribution in [-0.2, 0) is 16.0 Å². The molecule has 7 nitrogen and oxygen atoms in total. The SMILES string of the molecule is C.C=C=CC1=C(/N=C(\C)SC)N(C)CCN(c2cccc(C/C=C\C(CCN(C)C(=O)OC(C)(C)C)C3=CC=CC3C)c2)C1=O. The fourth-order valence-corrected chi connectivity index (χ4v) is 5.31. The molecule has 1 aliphatic carbocycles. The van der Waals surface area contributed by atoms with E-state index in [1.54, 1.807) is 29.8 Å². The summed E-state index contributed by atoms with van der Waals surface area (Å²) < 4.78 is 5.54. The van der Waals surface area contributed by atoms with Crippen LogP contribution in [0, 0.1) is 11.8 Å². The van der Waals surface area contributed by atoms with E-state index in [1.165, 1.54) is 5.57 Å². The van der Waals surface area contributed by atoms with Gasteiger partial charge >= 0.3 is 6.09 Å². The van der Waals surface area contributed by atoms with Gasteiger partial charge < -0.3 is 19.4 Å². The quantitative estimate of drug-likeness (QED) is 0.113. The molecule has 3 rings (SSSR count). The van der Waals surface area contributed by atoms with Crippen LogP contribution in [0.2, 0.25) is 0 Å². The van der Waals surface area contributed by atoms with E-state index in [-0.39, 0.29) is 25.3 Å². The Hall–Kier alpha value is -3.74. The Morgan fingerprint density at radius 3 is 2.67 bits per heavy atom. The van der Waals surface area contributed by atoms with Crippen LogP contribution in [0.3, 0.4) is 0 Å². The summed E-state index contributed by atoms with van der Waals surface area (Å²) in [6.45, 7) is 15.3. The average Bonchev–Trinajstić information content (AvgIpc) is 3.36. The molecule has 2 aliphatic rings. The number of carbonyl (C=O) groups is 2. The van der Waals surface area contributed by atoms with E-state index >= 15 is 0 Å². The Labute approximate surface area is 275 Å². The van der Waals surface area contributed by atoms with Crippen molar-refractivity contribution < 1.29 is 14.3 Å². The topological polar surface area (TPSA) is 65.4 Å². The molecule has 2 amide bonds. The van der Waals surface area contributed by atoms with Crippen LogP contribution in [0.1, 0.15) is 54.0 Å². The zero-order chi connectivity index (χ0) is 32.4. The molecule has 1 aromatic rings. The first-order valence-corrected chi connectivity index (χ1v) is 16.4. The molecule has 0 fully saturated rings. The second-order valence-corrected chi connectivity index (χ2v) is 13.2. The van der Waals surface area contributed by atoms with Gasteiger partial charge in [-0.05, 0) is 76.5 Å². The third-order valence-corrected chi connectivity index (χ3v) is 8.29. The number of rotatable bonds is 10. The molecule has 2 unspecified atom stereocenters. The highest BCUT2D eigenvalue weighted by Crippen LogP contribution is 2.30. The number of amides is 2. The molecule has 1 aliphatic heterocycles. The Morgan fingerprint density at radius 2 is 2.04 bits per heavy atom. The number of allylic oxidation sites excluding steroid dienone is 6. The highest BCUT2D eigenvalue weighted by molar-refractivity contribution is 8.13. The number of benzene rings is 1. The van der Waals surface area contributed by atoms with Crippen molar-refractivity contribution in [2.24, 2.45) is 16.8 Å². The van der Waals surface area contributed by atoms with Crippen LogP contribution < -0.4 is 4.90 Å². The monoisotopic (exact) mass is 632 g/mol. The normalized spacial score (nSPS) is 18.0. The molecular weight excluding hydrogens is 580 g/mol. The highest BCUT2D eigenvalue weighted by atomic mass is 32.2. The number of hydrogen-bond donors (Lipinski definition) is 0. The van der Waals surface area contributed by atoms with Crippen molar-refractivity contribution in [3.05, 3.63) is 95.6 Å². The van der Waals surface area contributed by atoms with Gasteiger partial charge in [0.15, 0.2) is 0 Å². The maximum absolute atomic E-state index is 13.8. The lowest BCUT2D eigenvalue weighted by atomic mass is 9.88. The molecule has 0 saturated heterocycles. The van der Waals surface area contributed by atoms with Crippen LogP contribution >= 0.6 is 11.8 Å². The van der Waals surface area contributed by atoms with Gasteiger partial charge in [-0.3, -0.25) is 4.79 Å². The number of carbonyl (C=O) groups excluding carboxylic acids is 2. The molecular formula is C37H52N4O3S. The molecule has 1 heterocycles. The van der Waals surface area contributed by atoms with E-state index in [2.05, 4.69) is 61.7 Å². The summed E-state index contributed by atoms with van der Waals surface area (Å²) in [5.41, 5.74) is 6.05. The third kappa shape index (κ3) is 10.7. The lowest BCUT2D eigenvalue weighted by Crippen LogP contribution is -2.35. The average molecular weight is 633 g/mol. The van der Waals surface area contributed by atoms with Crippen LogP contribution in [0.15, 0.2) is 95.0 Å². The Balaban J connectivity index is 0.00000705. The molecule has 0 bridgehead atoms. The minimum Gasteiger partial charge on any atom is -0.444 e. The van der Waals surface area contributed by atoms with Gasteiger partial charge in [0.1, 0.15) is 11.4 Å². The van der Waals surface area contributed by atoms with Crippen molar-refractivity contribution in [1.82, 2.24) is 9.80 Å². The standard InChI is InChI=1S/C36H48N4O3S.CH4/c1-10-14-32-33(37-27(3)44-9)38(7)23-24-40(34(32)41)30-19-13-17-28(25-30)16-12-18-29(31-20-11-15-26(31)2)21-22-39(8)35(42)43-36(4,5)6;/h11-15,17-20,25-26,29H,1,16,21-24H2,2-9H3;1H4/b18-12-,37-27+;. The van der Waals surface area contributed by atoms with Crippen molar-refractivity contribution in [3.8, 4) is 0 Å². The summed E-state index contributed by atoms with van der Waals surface area (Å²) in [4.78, 5) is 36.5. The lowest BCUT2D eigenvalue weighted by molar-refractivity contribution is -0.114. The second kappa shape index (κ2) is 17.1. The van der Waals surface area contributed by atoms with E-state index in [0.29, 0.717) is 36.9 Å². The van der Waals surface area contributed by atoms with Gasteiger partial charge in [-0.2, -0.15) is 0 Å². The van der Waals surface area contributed by atoms with E-state index < -0.39 is 5.60 Å². The molecule has 0 saturated carbocycles. The largest absolute Gasteiger partial charge is 0.444 e. The Bertz CT molecular complexity index is 1410. The summed E-state index contributed by atoms with van der Waals surface area (Å²) in [7, 11) is 3.75. The van der Waals surface area contributed by atoms with Crippen molar-refractivity contribution in [2.45, 2.75) is 60.5 Å². The number of aliphatic imine (C=N–C) groups is 1. The number of anilines is 1. The fraction of sp³-hybridized carbons (Fsp3) is 0.459. The van der Waals surface area contributed by atoms with Crippen molar-refractivity contribution >= 4 is 34.5 Å². The number of hydrogen-bond acceptors (Lipinski definition) is 6. The summed E-state index contributed by atoms with van der Waals surface area (Å²) in [5.74, 6) is 1.06.